The van der Waals surface area contributed by atoms with Gasteiger partial charge in [0.05, 0.1) is 0 Å². The fourth-order valence-corrected chi connectivity index (χ4v) is 1.54. The Morgan fingerprint density at radius 1 is 1.00 bits per heavy atom. The number of rotatable bonds is 9. The summed E-state index contributed by atoms with van der Waals surface area (Å²) >= 11 is 0.546. The molecule has 0 aromatic carbocycles. The van der Waals surface area contributed by atoms with Crippen LogP contribution in [0.15, 0.2) is 11.5 Å². The molecule has 0 aliphatic rings. The highest BCUT2D eigenvalue weighted by Gasteiger charge is 1.90. The number of allylic oxidation sites excluding steroid dienone is 1. The molecule has 2 heteroatoms. The molecule has 0 saturated heterocycles. The van der Waals surface area contributed by atoms with Gasteiger partial charge in [-0.1, -0.05) is 45.4 Å². The van der Waals surface area contributed by atoms with Crippen molar-refractivity contribution in [3.8, 4) is 0 Å². The molecule has 0 N–H and O–H groups in total. The first-order valence-corrected chi connectivity index (χ1v) is 6.16. The first-order valence-electron chi connectivity index (χ1n) is 5.35. The molecule has 13 heavy (non-hydrogen) atoms. The van der Waals surface area contributed by atoms with Gasteiger partial charge in [0.25, 0.3) is 0 Å². The van der Waals surface area contributed by atoms with E-state index in [1.165, 1.54) is 44.9 Å². The predicted octanol–water partition coefficient (Wildman–Crippen LogP) is 4.07. The fourth-order valence-electron chi connectivity index (χ4n) is 1.33. The zero-order chi connectivity index (χ0) is 9.78. The van der Waals surface area contributed by atoms with Crippen molar-refractivity contribution in [3.63, 3.8) is 0 Å². The van der Waals surface area contributed by atoms with Gasteiger partial charge in [-0.15, -0.1) is 0 Å². The van der Waals surface area contributed by atoms with Crippen LogP contribution in [0.5, 0.6) is 0 Å². The van der Waals surface area contributed by atoms with Crippen LogP contribution in [0.25, 0.3) is 0 Å². The van der Waals surface area contributed by atoms with E-state index in [4.69, 9.17) is 0 Å². The highest BCUT2D eigenvalue weighted by Crippen LogP contribution is 2.08. The highest BCUT2D eigenvalue weighted by atomic mass is 32.1. The van der Waals surface area contributed by atoms with Gasteiger partial charge in [0.15, 0.2) is 0 Å². The molecular formula is C11H21OS+. The van der Waals surface area contributed by atoms with Gasteiger partial charge in [0.1, 0.15) is 0 Å². The molecule has 0 heterocycles. The Labute approximate surface area is 86.1 Å². The molecule has 0 aromatic rings. The normalized spacial score (nSPS) is 10.8. The lowest BCUT2D eigenvalue weighted by Gasteiger charge is -1.97. The van der Waals surface area contributed by atoms with E-state index in [2.05, 4.69) is 6.92 Å². The summed E-state index contributed by atoms with van der Waals surface area (Å²) in [5.74, 6) is 0. The van der Waals surface area contributed by atoms with Crippen LogP contribution >= 0.6 is 0 Å². The van der Waals surface area contributed by atoms with Crippen LogP contribution in [0.4, 0.5) is 0 Å². The Morgan fingerprint density at radius 2 is 1.62 bits per heavy atom. The lowest BCUT2D eigenvalue weighted by molar-refractivity contribution is 0.592. The number of hydrogen-bond acceptors (Lipinski definition) is 1. The molecule has 76 valence electrons. The van der Waals surface area contributed by atoms with Crippen LogP contribution < -0.4 is 0 Å². The molecule has 0 radical (unpaired) electrons. The van der Waals surface area contributed by atoms with Gasteiger partial charge >= 0.3 is 11.7 Å². The van der Waals surface area contributed by atoms with E-state index in [-0.39, 0.29) is 0 Å². The van der Waals surface area contributed by atoms with Crippen molar-refractivity contribution in [2.24, 2.45) is 0 Å². The molecule has 0 aliphatic carbocycles. The molecule has 0 fully saturated rings. The standard InChI is InChI=1S/C11H21OS/c1-2-3-4-5-6-7-8-9-10-11-13-12/h10-11H,2-9H2,1H3/q+1. The zero-order valence-corrected chi connectivity index (χ0v) is 9.44. The Bertz CT molecular complexity index is 132. The van der Waals surface area contributed by atoms with Gasteiger partial charge < -0.3 is 0 Å². The minimum atomic E-state index is 0.546. The van der Waals surface area contributed by atoms with Crippen LogP contribution in [0.2, 0.25) is 0 Å². The SMILES string of the molecule is CCCCCCCCCC=C[S+]=O. The lowest BCUT2D eigenvalue weighted by atomic mass is 10.1. The monoisotopic (exact) mass is 201 g/mol. The summed E-state index contributed by atoms with van der Waals surface area (Å²) in [5, 5.41) is 1.64. The van der Waals surface area contributed by atoms with Crippen LogP contribution in [0, 0.1) is 0 Å². The van der Waals surface area contributed by atoms with Crippen molar-refractivity contribution >= 4 is 11.7 Å². The molecule has 0 aromatic heterocycles. The maximum atomic E-state index is 9.97. The van der Waals surface area contributed by atoms with E-state index in [1.54, 1.807) is 5.41 Å². The van der Waals surface area contributed by atoms with Gasteiger partial charge in [-0.25, -0.2) is 0 Å². The summed E-state index contributed by atoms with van der Waals surface area (Å²) in [6, 6.07) is 0. The second-order valence-electron chi connectivity index (χ2n) is 3.38. The Morgan fingerprint density at radius 3 is 2.23 bits per heavy atom. The molecule has 0 rings (SSSR count). The average molecular weight is 201 g/mol. The minimum Gasteiger partial charge on any atom is -0.0654 e. The molecule has 0 unspecified atom stereocenters. The van der Waals surface area contributed by atoms with Crippen LogP contribution in [0.3, 0.4) is 0 Å². The predicted molar refractivity (Wildman–Crippen MR) is 59.8 cm³/mol. The van der Waals surface area contributed by atoms with E-state index < -0.39 is 0 Å². The Balaban J connectivity index is 2.91. The van der Waals surface area contributed by atoms with Crippen molar-refractivity contribution in [2.45, 2.75) is 58.3 Å². The van der Waals surface area contributed by atoms with Gasteiger partial charge in [-0.05, 0) is 18.9 Å². The summed E-state index contributed by atoms with van der Waals surface area (Å²) in [5.41, 5.74) is 0. The number of hydrogen-bond donors (Lipinski definition) is 0. The third kappa shape index (κ3) is 11.8. The molecule has 0 saturated carbocycles. The van der Waals surface area contributed by atoms with Crippen LogP contribution in [-0.4, -0.2) is 0 Å². The van der Waals surface area contributed by atoms with E-state index in [9.17, 15) is 4.21 Å². The third-order valence-corrected chi connectivity index (χ3v) is 2.43. The summed E-state index contributed by atoms with van der Waals surface area (Å²) in [7, 11) is 0. The van der Waals surface area contributed by atoms with E-state index in [1.807, 2.05) is 6.08 Å². The minimum absolute atomic E-state index is 0.546. The largest absolute Gasteiger partial charge is 0.496 e. The van der Waals surface area contributed by atoms with Crippen molar-refractivity contribution in [2.75, 3.05) is 0 Å². The quantitative estimate of drug-likeness (QED) is 0.406. The summed E-state index contributed by atoms with van der Waals surface area (Å²) in [4.78, 5) is 0. The third-order valence-electron chi connectivity index (χ3n) is 2.13. The maximum absolute atomic E-state index is 9.97. The van der Waals surface area contributed by atoms with Gasteiger partial charge in [-0.2, -0.15) is 0 Å². The van der Waals surface area contributed by atoms with Crippen molar-refractivity contribution in [1.29, 1.82) is 0 Å². The highest BCUT2D eigenvalue weighted by molar-refractivity contribution is 7.68. The molecule has 0 amide bonds. The maximum Gasteiger partial charge on any atom is 0.496 e. The molecule has 1 nitrogen and oxygen atoms in total. The van der Waals surface area contributed by atoms with Crippen LogP contribution in [0.1, 0.15) is 58.3 Å². The fraction of sp³-hybridized carbons (Fsp3) is 0.818. The van der Waals surface area contributed by atoms with Gasteiger partial charge in [0, 0.05) is 4.21 Å². The number of unbranched alkanes of at least 4 members (excludes halogenated alkanes) is 7. The van der Waals surface area contributed by atoms with Crippen molar-refractivity contribution < 1.29 is 4.21 Å². The van der Waals surface area contributed by atoms with Crippen molar-refractivity contribution in [3.05, 3.63) is 11.5 Å². The van der Waals surface area contributed by atoms with E-state index in [0.29, 0.717) is 11.7 Å². The van der Waals surface area contributed by atoms with Crippen molar-refractivity contribution in [1.82, 2.24) is 0 Å². The molecule has 0 bridgehead atoms. The second-order valence-corrected chi connectivity index (χ2v) is 3.84. The second kappa shape index (κ2) is 11.8. The summed E-state index contributed by atoms with van der Waals surface area (Å²) in [6.45, 7) is 2.24. The van der Waals surface area contributed by atoms with Gasteiger partial charge in [-0.3, -0.25) is 0 Å². The smallest absolute Gasteiger partial charge is 0.0654 e. The van der Waals surface area contributed by atoms with E-state index in [0.717, 1.165) is 6.42 Å². The first kappa shape index (κ1) is 12.8. The molecular weight excluding hydrogens is 180 g/mol. The zero-order valence-electron chi connectivity index (χ0n) is 8.63. The van der Waals surface area contributed by atoms with Crippen LogP contribution in [-0.2, 0) is 15.9 Å². The van der Waals surface area contributed by atoms with Gasteiger partial charge in [0.2, 0.25) is 5.41 Å². The average Bonchev–Trinajstić information content (AvgIpc) is 2.16. The Kier molecular flexibility index (Phi) is 11.5. The Hall–Kier alpha value is -0.240. The molecule has 0 atom stereocenters. The summed E-state index contributed by atoms with van der Waals surface area (Å²) in [6.07, 6.45) is 12.4. The summed E-state index contributed by atoms with van der Waals surface area (Å²) < 4.78 is 9.97. The lowest BCUT2D eigenvalue weighted by Crippen LogP contribution is -1.78. The molecule has 0 aliphatic heterocycles. The molecule has 0 spiro atoms. The van der Waals surface area contributed by atoms with E-state index >= 15 is 0 Å². The first-order chi connectivity index (χ1) is 6.41. The topological polar surface area (TPSA) is 17.1 Å².